The number of aromatic nitrogens is 4. The van der Waals surface area contributed by atoms with Crippen LogP contribution in [-0.2, 0) is 12.0 Å². The molecule has 1 saturated heterocycles. The molecular formula is C15H22N6O. The zero-order chi connectivity index (χ0) is 15.6. The van der Waals surface area contributed by atoms with Crippen molar-refractivity contribution in [2.75, 3.05) is 31.1 Å². The maximum Gasteiger partial charge on any atom is 0.230 e. The SMILES string of the molecule is CC(C)(C)c1nnc(CN2CCN(c3ncccn3)CC2)o1. The molecule has 0 bridgehead atoms. The summed E-state index contributed by atoms with van der Waals surface area (Å²) in [5, 5.41) is 8.30. The largest absolute Gasteiger partial charge is 0.423 e. The molecule has 0 unspecified atom stereocenters. The van der Waals surface area contributed by atoms with E-state index in [0.29, 0.717) is 18.3 Å². The van der Waals surface area contributed by atoms with Crippen LogP contribution in [0.5, 0.6) is 0 Å². The first-order valence-electron chi connectivity index (χ1n) is 7.59. The average molecular weight is 302 g/mol. The summed E-state index contributed by atoms with van der Waals surface area (Å²) in [4.78, 5) is 13.1. The third-order valence-electron chi connectivity index (χ3n) is 3.67. The van der Waals surface area contributed by atoms with Crippen LogP contribution < -0.4 is 4.90 Å². The van der Waals surface area contributed by atoms with Crippen molar-refractivity contribution in [2.45, 2.75) is 32.7 Å². The Morgan fingerprint density at radius 2 is 1.73 bits per heavy atom. The van der Waals surface area contributed by atoms with Gasteiger partial charge in [0.25, 0.3) is 0 Å². The molecule has 0 atom stereocenters. The second kappa shape index (κ2) is 6.00. The predicted molar refractivity (Wildman–Crippen MR) is 82.5 cm³/mol. The Morgan fingerprint density at radius 3 is 2.32 bits per heavy atom. The fourth-order valence-electron chi connectivity index (χ4n) is 2.37. The van der Waals surface area contributed by atoms with Crippen molar-refractivity contribution in [2.24, 2.45) is 0 Å². The highest BCUT2D eigenvalue weighted by molar-refractivity contribution is 5.29. The lowest BCUT2D eigenvalue weighted by Crippen LogP contribution is -2.46. The van der Waals surface area contributed by atoms with Crippen molar-refractivity contribution in [1.82, 2.24) is 25.1 Å². The van der Waals surface area contributed by atoms with Crippen molar-refractivity contribution < 1.29 is 4.42 Å². The first-order chi connectivity index (χ1) is 10.5. The van der Waals surface area contributed by atoms with Crippen molar-refractivity contribution in [3.05, 3.63) is 30.2 Å². The number of hydrogen-bond acceptors (Lipinski definition) is 7. The number of piperazine rings is 1. The predicted octanol–water partition coefficient (Wildman–Crippen LogP) is 1.48. The lowest BCUT2D eigenvalue weighted by Gasteiger charge is -2.33. The number of nitrogens with zero attached hydrogens (tertiary/aromatic N) is 6. The second-order valence-corrected chi connectivity index (χ2v) is 6.56. The molecule has 0 N–H and O–H groups in total. The Balaban J connectivity index is 1.55. The molecule has 1 fully saturated rings. The van der Waals surface area contributed by atoms with Gasteiger partial charge >= 0.3 is 0 Å². The van der Waals surface area contributed by atoms with E-state index in [0.717, 1.165) is 32.1 Å². The molecule has 0 spiro atoms. The Hall–Kier alpha value is -2.02. The van der Waals surface area contributed by atoms with Crippen molar-refractivity contribution >= 4 is 5.95 Å². The lowest BCUT2D eigenvalue weighted by atomic mass is 9.97. The molecule has 7 heteroatoms. The summed E-state index contributed by atoms with van der Waals surface area (Å²) in [5.41, 5.74) is -0.103. The van der Waals surface area contributed by atoms with Crippen LogP contribution in [0.3, 0.4) is 0 Å². The maximum absolute atomic E-state index is 5.76. The van der Waals surface area contributed by atoms with Gasteiger partial charge in [-0.3, -0.25) is 4.90 Å². The van der Waals surface area contributed by atoms with Gasteiger partial charge in [-0.1, -0.05) is 20.8 Å². The average Bonchev–Trinajstić information content (AvgIpc) is 2.98. The molecule has 0 radical (unpaired) electrons. The molecule has 3 heterocycles. The third kappa shape index (κ3) is 3.41. The highest BCUT2D eigenvalue weighted by atomic mass is 16.4. The normalized spacial score (nSPS) is 17.0. The molecule has 22 heavy (non-hydrogen) atoms. The van der Waals surface area contributed by atoms with Gasteiger partial charge in [0, 0.05) is 44.0 Å². The molecule has 1 aliphatic rings. The smallest absolute Gasteiger partial charge is 0.230 e. The summed E-state index contributed by atoms with van der Waals surface area (Å²) >= 11 is 0. The minimum atomic E-state index is -0.103. The van der Waals surface area contributed by atoms with E-state index in [1.807, 2.05) is 6.07 Å². The Kier molecular flexibility index (Phi) is 4.06. The Morgan fingerprint density at radius 1 is 1.05 bits per heavy atom. The first kappa shape index (κ1) is 14.9. The van der Waals surface area contributed by atoms with E-state index < -0.39 is 0 Å². The molecule has 118 valence electrons. The molecule has 2 aromatic heterocycles. The van der Waals surface area contributed by atoms with Gasteiger partial charge < -0.3 is 9.32 Å². The van der Waals surface area contributed by atoms with Gasteiger partial charge in [0.05, 0.1) is 6.54 Å². The molecule has 1 aliphatic heterocycles. The molecule has 3 rings (SSSR count). The second-order valence-electron chi connectivity index (χ2n) is 6.56. The third-order valence-corrected chi connectivity index (χ3v) is 3.67. The molecule has 7 nitrogen and oxygen atoms in total. The van der Waals surface area contributed by atoms with Crippen molar-refractivity contribution in [3.8, 4) is 0 Å². The quantitative estimate of drug-likeness (QED) is 0.850. The molecule has 0 saturated carbocycles. The van der Waals surface area contributed by atoms with Crippen LogP contribution >= 0.6 is 0 Å². The van der Waals surface area contributed by atoms with E-state index in [-0.39, 0.29) is 5.41 Å². The van der Waals surface area contributed by atoms with Gasteiger partial charge in [-0.05, 0) is 6.07 Å². The topological polar surface area (TPSA) is 71.2 Å². The van der Waals surface area contributed by atoms with Crippen LogP contribution in [0.4, 0.5) is 5.95 Å². The Labute approximate surface area is 130 Å². The van der Waals surface area contributed by atoms with E-state index >= 15 is 0 Å². The molecule has 0 aromatic carbocycles. The van der Waals surface area contributed by atoms with Gasteiger partial charge in [-0.2, -0.15) is 0 Å². The van der Waals surface area contributed by atoms with E-state index in [2.05, 4.69) is 50.7 Å². The molecule has 2 aromatic rings. The van der Waals surface area contributed by atoms with E-state index in [1.165, 1.54) is 0 Å². The number of hydrogen-bond donors (Lipinski definition) is 0. The highest BCUT2D eigenvalue weighted by Gasteiger charge is 2.24. The zero-order valence-corrected chi connectivity index (χ0v) is 13.4. The minimum Gasteiger partial charge on any atom is -0.423 e. The van der Waals surface area contributed by atoms with Crippen LogP contribution in [-0.4, -0.2) is 51.2 Å². The summed E-state index contributed by atoms with van der Waals surface area (Å²) in [6.45, 7) is 10.6. The van der Waals surface area contributed by atoms with Gasteiger partial charge in [0.15, 0.2) is 0 Å². The van der Waals surface area contributed by atoms with Crippen LogP contribution in [0, 0.1) is 0 Å². The Bertz CT molecular complexity index is 598. The molecule has 0 amide bonds. The monoisotopic (exact) mass is 302 g/mol. The van der Waals surface area contributed by atoms with E-state index in [9.17, 15) is 0 Å². The maximum atomic E-state index is 5.76. The van der Waals surface area contributed by atoms with E-state index in [4.69, 9.17) is 4.42 Å². The molecular weight excluding hydrogens is 280 g/mol. The van der Waals surface area contributed by atoms with Crippen LogP contribution in [0.15, 0.2) is 22.9 Å². The van der Waals surface area contributed by atoms with Crippen molar-refractivity contribution in [3.63, 3.8) is 0 Å². The summed E-state index contributed by atoms with van der Waals surface area (Å²) in [6.07, 6.45) is 3.56. The van der Waals surface area contributed by atoms with Gasteiger partial charge in [-0.25, -0.2) is 9.97 Å². The van der Waals surface area contributed by atoms with Gasteiger partial charge in [-0.15, -0.1) is 10.2 Å². The molecule has 0 aliphatic carbocycles. The standard InChI is InChI=1S/C15H22N6O/c1-15(2,3)13-19-18-12(22-13)11-20-7-9-21(10-8-20)14-16-5-4-6-17-14/h4-6H,7-11H2,1-3H3. The highest BCUT2D eigenvalue weighted by Crippen LogP contribution is 2.21. The zero-order valence-electron chi connectivity index (χ0n) is 13.4. The minimum absolute atomic E-state index is 0.103. The van der Waals surface area contributed by atoms with Crippen LogP contribution in [0.2, 0.25) is 0 Å². The van der Waals surface area contributed by atoms with Gasteiger partial charge in [0.1, 0.15) is 0 Å². The summed E-state index contributed by atoms with van der Waals surface area (Å²) in [7, 11) is 0. The number of anilines is 1. The summed E-state index contributed by atoms with van der Waals surface area (Å²) < 4.78 is 5.76. The van der Waals surface area contributed by atoms with Crippen molar-refractivity contribution in [1.29, 1.82) is 0 Å². The van der Waals surface area contributed by atoms with Gasteiger partial charge in [0.2, 0.25) is 17.7 Å². The number of rotatable bonds is 3. The lowest BCUT2D eigenvalue weighted by molar-refractivity contribution is 0.220. The first-order valence-corrected chi connectivity index (χ1v) is 7.59. The van der Waals surface area contributed by atoms with E-state index in [1.54, 1.807) is 12.4 Å². The summed E-state index contributed by atoms with van der Waals surface area (Å²) in [5.74, 6) is 2.18. The van der Waals surface area contributed by atoms with Crippen LogP contribution in [0.25, 0.3) is 0 Å². The fourth-order valence-corrected chi connectivity index (χ4v) is 2.37. The fraction of sp³-hybridized carbons (Fsp3) is 0.600. The van der Waals surface area contributed by atoms with Crippen LogP contribution in [0.1, 0.15) is 32.6 Å². The summed E-state index contributed by atoms with van der Waals surface area (Å²) in [6, 6.07) is 1.84.